The van der Waals surface area contributed by atoms with Crippen LogP contribution in [0.4, 0.5) is 11.4 Å². The molecule has 0 radical (unpaired) electrons. The Kier molecular flexibility index (Phi) is 6.20. The number of ether oxygens (including phenoxy) is 2. The third-order valence-electron chi connectivity index (χ3n) is 3.82. The summed E-state index contributed by atoms with van der Waals surface area (Å²) in [5, 5.41) is 13.7. The van der Waals surface area contributed by atoms with E-state index in [2.05, 4.69) is 5.32 Å². The van der Waals surface area contributed by atoms with Crippen molar-refractivity contribution < 1.29 is 19.2 Å². The summed E-state index contributed by atoms with van der Waals surface area (Å²) in [7, 11) is 0. The average Bonchev–Trinajstić information content (AvgIpc) is 2.72. The van der Waals surface area contributed by atoms with E-state index >= 15 is 0 Å². The maximum atomic E-state index is 12.2. The molecule has 0 fully saturated rings. The predicted octanol–water partition coefficient (Wildman–Crippen LogP) is 4.19. The van der Waals surface area contributed by atoms with Crippen LogP contribution < -0.4 is 14.8 Å². The Balaban J connectivity index is 1.61. The Morgan fingerprint density at radius 2 is 1.50 bits per heavy atom. The summed E-state index contributed by atoms with van der Waals surface area (Å²) >= 11 is 0. The molecule has 28 heavy (non-hydrogen) atoms. The molecule has 0 aliphatic heterocycles. The molecule has 0 heterocycles. The summed E-state index contributed by atoms with van der Waals surface area (Å²) in [5.74, 6) is 0.107. The number of nitrogens with one attached hydrogen (secondary N) is 1. The van der Waals surface area contributed by atoms with Crippen LogP contribution in [0.1, 0.15) is 5.56 Å². The van der Waals surface area contributed by atoms with Gasteiger partial charge in [0.05, 0.1) is 10.6 Å². The molecule has 3 aromatic carbocycles. The molecule has 0 atom stereocenters. The molecule has 0 unspecified atom stereocenters. The van der Waals surface area contributed by atoms with Gasteiger partial charge in [0.15, 0.2) is 12.4 Å². The first-order valence-corrected chi connectivity index (χ1v) is 8.55. The van der Waals surface area contributed by atoms with Crippen molar-refractivity contribution in [2.24, 2.45) is 0 Å². The second kappa shape index (κ2) is 9.18. The monoisotopic (exact) mass is 378 g/mol. The number of carbonyl (C=O) groups is 1. The Morgan fingerprint density at radius 3 is 2.25 bits per heavy atom. The summed E-state index contributed by atoms with van der Waals surface area (Å²) in [6.45, 7) is -0.00168. The molecule has 0 aliphatic rings. The molecule has 0 bridgehead atoms. The van der Waals surface area contributed by atoms with Crippen LogP contribution in [0.2, 0.25) is 0 Å². The molecule has 1 N–H and O–H groups in total. The minimum absolute atomic E-state index is 0.0382. The molecule has 0 aliphatic carbocycles. The second-order valence-corrected chi connectivity index (χ2v) is 5.83. The fourth-order valence-electron chi connectivity index (χ4n) is 2.49. The topological polar surface area (TPSA) is 90.7 Å². The Labute approximate surface area is 161 Å². The highest BCUT2D eigenvalue weighted by molar-refractivity contribution is 5.93. The minimum atomic E-state index is -0.556. The van der Waals surface area contributed by atoms with Gasteiger partial charge in [0.2, 0.25) is 0 Å². The van der Waals surface area contributed by atoms with E-state index in [0.717, 1.165) is 5.56 Å². The van der Waals surface area contributed by atoms with Crippen LogP contribution in [-0.4, -0.2) is 17.4 Å². The van der Waals surface area contributed by atoms with Gasteiger partial charge in [-0.3, -0.25) is 14.9 Å². The Hall–Kier alpha value is -3.87. The first-order chi connectivity index (χ1) is 13.6. The number of hydrogen-bond donors (Lipinski definition) is 1. The summed E-state index contributed by atoms with van der Waals surface area (Å²) < 4.78 is 11.1. The van der Waals surface area contributed by atoms with Gasteiger partial charge in [0.1, 0.15) is 12.4 Å². The molecule has 7 nitrogen and oxygen atoms in total. The van der Waals surface area contributed by atoms with Gasteiger partial charge in [-0.25, -0.2) is 0 Å². The molecule has 3 rings (SSSR count). The van der Waals surface area contributed by atoms with Gasteiger partial charge < -0.3 is 14.8 Å². The van der Waals surface area contributed by atoms with Crippen molar-refractivity contribution in [1.29, 1.82) is 0 Å². The zero-order chi connectivity index (χ0) is 19.8. The molecule has 1 amide bonds. The van der Waals surface area contributed by atoms with Crippen molar-refractivity contribution in [2.45, 2.75) is 6.61 Å². The number of para-hydroxylation sites is 4. The van der Waals surface area contributed by atoms with Gasteiger partial charge in [-0.1, -0.05) is 54.6 Å². The molecule has 0 aromatic heterocycles. The van der Waals surface area contributed by atoms with E-state index in [9.17, 15) is 14.9 Å². The molecule has 0 spiro atoms. The second-order valence-electron chi connectivity index (χ2n) is 5.83. The number of benzene rings is 3. The molecular weight excluding hydrogens is 360 g/mol. The fourth-order valence-corrected chi connectivity index (χ4v) is 2.49. The van der Waals surface area contributed by atoms with Crippen LogP contribution in [0, 0.1) is 10.1 Å². The minimum Gasteiger partial charge on any atom is -0.487 e. The Bertz CT molecular complexity index is 960. The largest absolute Gasteiger partial charge is 0.487 e. The van der Waals surface area contributed by atoms with Crippen LogP contribution in [-0.2, 0) is 11.4 Å². The van der Waals surface area contributed by atoms with E-state index in [1.807, 2.05) is 30.3 Å². The smallest absolute Gasteiger partial charge is 0.310 e. The van der Waals surface area contributed by atoms with E-state index < -0.39 is 10.8 Å². The number of nitrogens with zero attached hydrogens (tertiary/aromatic N) is 1. The summed E-state index contributed by atoms with van der Waals surface area (Å²) in [6, 6.07) is 22.6. The number of nitro benzene ring substituents is 1. The first-order valence-electron chi connectivity index (χ1n) is 8.55. The summed E-state index contributed by atoms with van der Waals surface area (Å²) in [6.07, 6.45) is 0. The van der Waals surface area contributed by atoms with Gasteiger partial charge in [-0.15, -0.1) is 0 Å². The maximum absolute atomic E-state index is 12.2. The van der Waals surface area contributed by atoms with Gasteiger partial charge in [-0.05, 0) is 23.8 Å². The lowest BCUT2D eigenvalue weighted by molar-refractivity contribution is -0.385. The highest BCUT2D eigenvalue weighted by Gasteiger charge is 2.15. The fraction of sp³-hybridized carbons (Fsp3) is 0.0952. The Morgan fingerprint density at radius 1 is 0.857 bits per heavy atom. The SMILES string of the molecule is O=C(COc1ccccc1[N+](=O)[O-])Nc1ccccc1OCc1ccccc1. The lowest BCUT2D eigenvalue weighted by Crippen LogP contribution is -2.20. The predicted molar refractivity (Wildman–Crippen MR) is 104 cm³/mol. The quantitative estimate of drug-likeness (QED) is 0.469. The van der Waals surface area contributed by atoms with Crippen molar-refractivity contribution in [2.75, 3.05) is 11.9 Å². The zero-order valence-corrected chi connectivity index (χ0v) is 14.9. The van der Waals surface area contributed by atoms with Crippen molar-refractivity contribution in [3.8, 4) is 11.5 Å². The third-order valence-corrected chi connectivity index (χ3v) is 3.82. The molecule has 142 valence electrons. The summed E-state index contributed by atoms with van der Waals surface area (Å²) in [5.41, 5.74) is 1.31. The van der Waals surface area contributed by atoms with Crippen LogP contribution in [0.5, 0.6) is 11.5 Å². The molecule has 0 saturated heterocycles. The highest BCUT2D eigenvalue weighted by atomic mass is 16.6. The van der Waals surface area contributed by atoms with E-state index in [1.165, 1.54) is 18.2 Å². The number of carbonyl (C=O) groups excluding carboxylic acids is 1. The van der Waals surface area contributed by atoms with E-state index in [-0.39, 0.29) is 18.0 Å². The molecule has 7 heteroatoms. The van der Waals surface area contributed by atoms with Gasteiger partial charge in [0, 0.05) is 6.07 Å². The molecule has 3 aromatic rings. The first kappa shape index (κ1) is 18.9. The van der Waals surface area contributed by atoms with E-state index in [0.29, 0.717) is 18.0 Å². The van der Waals surface area contributed by atoms with Gasteiger partial charge >= 0.3 is 5.69 Å². The van der Waals surface area contributed by atoms with E-state index in [1.54, 1.807) is 30.3 Å². The number of rotatable bonds is 8. The normalized spacial score (nSPS) is 10.1. The van der Waals surface area contributed by atoms with Crippen LogP contribution in [0.25, 0.3) is 0 Å². The zero-order valence-electron chi connectivity index (χ0n) is 14.9. The van der Waals surface area contributed by atoms with Gasteiger partial charge in [-0.2, -0.15) is 0 Å². The summed E-state index contributed by atoms with van der Waals surface area (Å²) in [4.78, 5) is 22.7. The van der Waals surface area contributed by atoms with Crippen molar-refractivity contribution in [3.63, 3.8) is 0 Å². The number of hydrogen-bond acceptors (Lipinski definition) is 5. The van der Waals surface area contributed by atoms with Crippen molar-refractivity contribution in [1.82, 2.24) is 0 Å². The molecule has 0 saturated carbocycles. The van der Waals surface area contributed by atoms with Crippen LogP contribution in [0.15, 0.2) is 78.9 Å². The molecular formula is C21H18N2O5. The average molecular weight is 378 g/mol. The lowest BCUT2D eigenvalue weighted by atomic mass is 10.2. The number of nitro groups is 1. The van der Waals surface area contributed by atoms with Crippen LogP contribution in [0.3, 0.4) is 0 Å². The van der Waals surface area contributed by atoms with Crippen LogP contribution >= 0.6 is 0 Å². The highest BCUT2D eigenvalue weighted by Crippen LogP contribution is 2.27. The van der Waals surface area contributed by atoms with Crippen molar-refractivity contribution >= 4 is 17.3 Å². The van der Waals surface area contributed by atoms with E-state index in [4.69, 9.17) is 9.47 Å². The standard InChI is InChI=1S/C21H18N2O5/c24-21(15-28-20-13-7-5-11-18(20)23(25)26)22-17-10-4-6-12-19(17)27-14-16-8-2-1-3-9-16/h1-13H,14-15H2,(H,22,24). The maximum Gasteiger partial charge on any atom is 0.310 e. The number of amides is 1. The third kappa shape index (κ3) is 5.07. The lowest BCUT2D eigenvalue weighted by Gasteiger charge is -2.13. The van der Waals surface area contributed by atoms with Gasteiger partial charge in [0.25, 0.3) is 5.91 Å². The number of anilines is 1. The van der Waals surface area contributed by atoms with Crippen molar-refractivity contribution in [3.05, 3.63) is 94.5 Å².